The molecule has 0 bridgehead atoms. The largest absolute Gasteiger partial charge is 0.340 e. The molecule has 0 aromatic heterocycles. The van der Waals surface area contributed by atoms with Crippen LogP contribution in [-0.2, 0) is 11.3 Å². The predicted octanol–water partition coefficient (Wildman–Crippen LogP) is 2.18. The second-order valence-corrected chi connectivity index (χ2v) is 7.93. The van der Waals surface area contributed by atoms with Crippen molar-refractivity contribution in [3.05, 3.63) is 35.9 Å². The van der Waals surface area contributed by atoms with E-state index in [1.165, 1.54) is 24.9 Å². The van der Waals surface area contributed by atoms with E-state index in [1.54, 1.807) is 0 Å². The molecule has 2 heterocycles. The van der Waals surface area contributed by atoms with Crippen LogP contribution in [0.2, 0.25) is 0 Å². The lowest BCUT2D eigenvalue weighted by molar-refractivity contribution is -0.132. The molecule has 0 spiro atoms. The Kier molecular flexibility index (Phi) is 8.11. The first-order chi connectivity index (χ1) is 13.3. The van der Waals surface area contributed by atoms with E-state index in [4.69, 9.17) is 0 Å². The molecule has 0 radical (unpaired) electrons. The third-order valence-corrected chi connectivity index (χ3v) is 5.84. The monoisotopic (exact) mass is 372 g/mol. The van der Waals surface area contributed by atoms with Crippen molar-refractivity contribution in [1.82, 2.24) is 20.0 Å². The summed E-state index contributed by atoms with van der Waals surface area (Å²) in [5.41, 5.74) is 1.40. The first-order valence-corrected chi connectivity index (χ1v) is 10.7. The minimum Gasteiger partial charge on any atom is -0.340 e. The number of benzene rings is 1. The summed E-state index contributed by atoms with van der Waals surface area (Å²) in [6.45, 7) is 11.2. The Morgan fingerprint density at radius 1 is 1.15 bits per heavy atom. The van der Waals surface area contributed by atoms with Gasteiger partial charge in [-0.15, -0.1) is 0 Å². The maximum absolute atomic E-state index is 12.6. The third kappa shape index (κ3) is 6.30. The molecule has 1 atom stereocenters. The Morgan fingerprint density at radius 2 is 1.93 bits per heavy atom. The van der Waals surface area contributed by atoms with Gasteiger partial charge in [0.2, 0.25) is 5.91 Å². The SMILES string of the molecule is CCCN(CCC(=O)N1CCNCC1)C1CCCN(Cc2ccccc2)C1. The van der Waals surface area contributed by atoms with Gasteiger partial charge in [-0.3, -0.25) is 14.6 Å². The normalized spacial score (nSPS) is 21.6. The fraction of sp³-hybridized carbons (Fsp3) is 0.682. The van der Waals surface area contributed by atoms with Gasteiger partial charge in [-0.1, -0.05) is 37.3 Å². The van der Waals surface area contributed by atoms with Crippen LogP contribution in [0.3, 0.4) is 0 Å². The highest BCUT2D eigenvalue weighted by molar-refractivity contribution is 5.76. The number of hydrogen-bond donors (Lipinski definition) is 1. The number of piperazine rings is 1. The zero-order chi connectivity index (χ0) is 18.9. The van der Waals surface area contributed by atoms with Crippen molar-refractivity contribution in [3.8, 4) is 0 Å². The zero-order valence-electron chi connectivity index (χ0n) is 16.9. The summed E-state index contributed by atoms with van der Waals surface area (Å²) in [7, 11) is 0. The Hall–Kier alpha value is -1.43. The molecule has 2 fully saturated rings. The highest BCUT2D eigenvalue weighted by Crippen LogP contribution is 2.19. The van der Waals surface area contributed by atoms with Crippen molar-refractivity contribution >= 4 is 5.91 Å². The van der Waals surface area contributed by atoms with Crippen LogP contribution < -0.4 is 5.32 Å². The summed E-state index contributed by atoms with van der Waals surface area (Å²) in [6.07, 6.45) is 4.32. The number of carbonyl (C=O) groups is 1. The third-order valence-electron chi connectivity index (χ3n) is 5.84. The van der Waals surface area contributed by atoms with Gasteiger partial charge in [-0.25, -0.2) is 0 Å². The molecular formula is C22H36N4O. The zero-order valence-corrected chi connectivity index (χ0v) is 16.9. The topological polar surface area (TPSA) is 38.8 Å². The van der Waals surface area contributed by atoms with Gasteiger partial charge in [0.15, 0.2) is 0 Å². The van der Waals surface area contributed by atoms with Crippen LogP contribution in [-0.4, -0.2) is 79.0 Å². The van der Waals surface area contributed by atoms with E-state index in [1.807, 2.05) is 4.90 Å². The van der Waals surface area contributed by atoms with Crippen LogP contribution >= 0.6 is 0 Å². The molecule has 1 N–H and O–H groups in total. The summed E-state index contributed by atoms with van der Waals surface area (Å²) in [4.78, 5) is 19.8. The molecule has 5 nitrogen and oxygen atoms in total. The van der Waals surface area contributed by atoms with Crippen LogP contribution in [0, 0.1) is 0 Å². The first kappa shape index (κ1) is 20.3. The number of likely N-dealkylation sites (tertiary alicyclic amines) is 1. The molecule has 150 valence electrons. The summed E-state index contributed by atoms with van der Waals surface area (Å²) in [5.74, 6) is 0.328. The molecule has 1 amide bonds. The summed E-state index contributed by atoms with van der Waals surface area (Å²) < 4.78 is 0. The van der Waals surface area contributed by atoms with Gasteiger partial charge in [-0.05, 0) is 37.9 Å². The molecule has 2 saturated heterocycles. The van der Waals surface area contributed by atoms with E-state index < -0.39 is 0 Å². The van der Waals surface area contributed by atoms with E-state index in [-0.39, 0.29) is 0 Å². The van der Waals surface area contributed by atoms with Crippen molar-refractivity contribution in [1.29, 1.82) is 0 Å². The second-order valence-electron chi connectivity index (χ2n) is 7.93. The van der Waals surface area contributed by atoms with E-state index in [2.05, 4.69) is 52.4 Å². The van der Waals surface area contributed by atoms with Crippen LogP contribution in [0.4, 0.5) is 0 Å². The molecule has 1 unspecified atom stereocenters. The number of nitrogens with one attached hydrogen (secondary N) is 1. The Morgan fingerprint density at radius 3 is 2.67 bits per heavy atom. The molecule has 1 aromatic carbocycles. The van der Waals surface area contributed by atoms with E-state index in [0.717, 1.165) is 58.8 Å². The fourth-order valence-corrected chi connectivity index (χ4v) is 4.39. The van der Waals surface area contributed by atoms with Crippen LogP contribution in [0.25, 0.3) is 0 Å². The van der Waals surface area contributed by atoms with E-state index in [9.17, 15) is 4.79 Å². The number of rotatable bonds is 8. The van der Waals surface area contributed by atoms with Crippen molar-refractivity contribution in [2.24, 2.45) is 0 Å². The van der Waals surface area contributed by atoms with E-state index >= 15 is 0 Å². The van der Waals surface area contributed by atoms with Crippen molar-refractivity contribution < 1.29 is 4.79 Å². The van der Waals surface area contributed by atoms with Gasteiger partial charge in [0.1, 0.15) is 0 Å². The van der Waals surface area contributed by atoms with Gasteiger partial charge in [0, 0.05) is 58.3 Å². The number of carbonyl (C=O) groups excluding carboxylic acids is 1. The number of amides is 1. The molecular weight excluding hydrogens is 336 g/mol. The summed E-state index contributed by atoms with van der Waals surface area (Å²) in [6, 6.07) is 11.4. The average molecular weight is 373 g/mol. The van der Waals surface area contributed by atoms with Crippen LogP contribution in [0.15, 0.2) is 30.3 Å². The van der Waals surface area contributed by atoms with Crippen LogP contribution in [0.1, 0.15) is 38.2 Å². The maximum Gasteiger partial charge on any atom is 0.223 e. The standard InChI is InChI=1S/C22H36N4O/c1-2-13-25(15-10-22(27)26-16-11-23-12-17-26)21-9-6-14-24(19-21)18-20-7-4-3-5-8-20/h3-5,7-8,21,23H,2,6,9-19H2,1H3. The molecule has 5 heteroatoms. The molecule has 2 aliphatic heterocycles. The molecule has 0 saturated carbocycles. The highest BCUT2D eigenvalue weighted by atomic mass is 16.2. The fourth-order valence-electron chi connectivity index (χ4n) is 4.39. The quantitative estimate of drug-likeness (QED) is 0.759. The molecule has 27 heavy (non-hydrogen) atoms. The minimum atomic E-state index is 0.328. The van der Waals surface area contributed by atoms with E-state index in [0.29, 0.717) is 18.4 Å². The number of piperidine rings is 1. The lowest BCUT2D eigenvalue weighted by atomic mass is 10.0. The summed E-state index contributed by atoms with van der Waals surface area (Å²) in [5, 5.41) is 3.32. The highest BCUT2D eigenvalue weighted by Gasteiger charge is 2.26. The minimum absolute atomic E-state index is 0.328. The maximum atomic E-state index is 12.6. The Labute approximate surface area is 164 Å². The molecule has 2 aliphatic rings. The smallest absolute Gasteiger partial charge is 0.223 e. The van der Waals surface area contributed by atoms with Gasteiger partial charge < -0.3 is 10.2 Å². The number of hydrogen-bond acceptors (Lipinski definition) is 4. The van der Waals surface area contributed by atoms with Gasteiger partial charge in [0.05, 0.1) is 0 Å². The van der Waals surface area contributed by atoms with Crippen molar-refractivity contribution in [2.75, 3.05) is 52.4 Å². The Balaban J connectivity index is 1.51. The second kappa shape index (κ2) is 10.8. The average Bonchev–Trinajstić information content (AvgIpc) is 2.72. The Bertz CT molecular complexity index is 559. The lowest BCUT2D eigenvalue weighted by Gasteiger charge is -2.39. The van der Waals surface area contributed by atoms with Crippen molar-refractivity contribution in [2.45, 2.75) is 45.2 Å². The van der Waals surface area contributed by atoms with Crippen LogP contribution in [0.5, 0.6) is 0 Å². The van der Waals surface area contributed by atoms with Gasteiger partial charge in [-0.2, -0.15) is 0 Å². The lowest BCUT2D eigenvalue weighted by Crippen LogP contribution is -2.50. The van der Waals surface area contributed by atoms with Gasteiger partial charge in [0.25, 0.3) is 0 Å². The predicted molar refractivity (Wildman–Crippen MR) is 111 cm³/mol. The first-order valence-electron chi connectivity index (χ1n) is 10.7. The molecule has 3 rings (SSSR count). The summed E-state index contributed by atoms with van der Waals surface area (Å²) >= 11 is 0. The molecule has 0 aliphatic carbocycles. The molecule has 1 aromatic rings. The van der Waals surface area contributed by atoms with Gasteiger partial charge >= 0.3 is 0 Å². The van der Waals surface area contributed by atoms with Crippen molar-refractivity contribution in [3.63, 3.8) is 0 Å². The number of nitrogens with zero attached hydrogens (tertiary/aromatic N) is 3.